The molecule has 1 aliphatic rings. The first kappa shape index (κ1) is 20.6. The Kier molecular flexibility index (Phi) is 5.23. The van der Waals surface area contributed by atoms with E-state index in [1.165, 1.54) is 6.07 Å². The highest BCUT2D eigenvalue weighted by Gasteiger charge is 2.39. The molecule has 2 amide bonds. The molecule has 0 atom stereocenters. The van der Waals surface area contributed by atoms with Crippen LogP contribution in [0.15, 0.2) is 96.7 Å². The van der Waals surface area contributed by atoms with E-state index in [1.54, 1.807) is 18.2 Å². The first-order valence-electron chi connectivity index (χ1n) is 10.7. The molecule has 0 bridgehead atoms. The van der Waals surface area contributed by atoms with Gasteiger partial charge in [0.25, 0.3) is 11.8 Å². The van der Waals surface area contributed by atoms with E-state index < -0.39 is 17.6 Å². The summed E-state index contributed by atoms with van der Waals surface area (Å²) in [5.74, 6) is -1.38. The van der Waals surface area contributed by atoms with Gasteiger partial charge in [-0.3, -0.25) is 14.5 Å². The van der Waals surface area contributed by atoms with Gasteiger partial charge in [-0.15, -0.1) is 0 Å². The van der Waals surface area contributed by atoms with Gasteiger partial charge >= 0.3 is 0 Å². The van der Waals surface area contributed by atoms with Crippen LogP contribution in [0.4, 0.5) is 10.1 Å². The number of rotatable bonds is 5. The molecule has 0 unspecified atom stereocenters. The fourth-order valence-corrected chi connectivity index (χ4v) is 4.09. The predicted octanol–water partition coefficient (Wildman–Crippen LogP) is 5.68. The lowest BCUT2D eigenvalue weighted by atomic mass is 10.0. The van der Waals surface area contributed by atoms with Gasteiger partial charge in [0.05, 0.1) is 12.1 Å². The maximum absolute atomic E-state index is 14.3. The van der Waals surface area contributed by atoms with E-state index in [2.05, 4.69) is 5.32 Å². The van der Waals surface area contributed by atoms with Gasteiger partial charge in [0, 0.05) is 16.6 Å². The summed E-state index contributed by atoms with van der Waals surface area (Å²) in [6.45, 7) is 1.82. The molecule has 5 heteroatoms. The lowest BCUT2D eigenvalue weighted by Crippen LogP contribution is -2.32. The van der Waals surface area contributed by atoms with E-state index in [9.17, 15) is 14.0 Å². The topological polar surface area (TPSA) is 49.4 Å². The Morgan fingerprint density at radius 3 is 2.27 bits per heavy atom. The molecule has 0 radical (unpaired) electrons. The Morgan fingerprint density at radius 1 is 0.788 bits per heavy atom. The number of benzene rings is 4. The fraction of sp³-hybridized carbons (Fsp3) is 0.0714. The van der Waals surface area contributed by atoms with Gasteiger partial charge in [0.1, 0.15) is 11.5 Å². The molecule has 4 aromatic rings. The standard InChI is InChI=1S/C28H21FN2O2/c1-18-13-15-20(16-14-18)25-26(30-24-12-6-9-19-7-2-4-10-22(19)24)28(33)31(27(25)32)17-21-8-3-5-11-23(21)29/h2-16,30H,17H2,1H3. The van der Waals surface area contributed by atoms with Crippen LogP contribution in [0.25, 0.3) is 16.3 Å². The zero-order valence-electron chi connectivity index (χ0n) is 18.0. The molecule has 1 heterocycles. The van der Waals surface area contributed by atoms with E-state index in [0.717, 1.165) is 26.9 Å². The first-order valence-corrected chi connectivity index (χ1v) is 10.7. The molecule has 0 aliphatic carbocycles. The minimum absolute atomic E-state index is 0.138. The molecule has 0 saturated heterocycles. The number of amides is 2. The van der Waals surface area contributed by atoms with Crippen LogP contribution in [-0.4, -0.2) is 16.7 Å². The largest absolute Gasteiger partial charge is 0.350 e. The Labute approximate surface area is 191 Å². The number of hydrogen-bond acceptors (Lipinski definition) is 3. The quantitative estimate of drug-likeness (QED) is 0.410. The number of imide groups is 1. The molecular weight excluding hydrogens is 415 g/mol. The monoisotopic (exact) mass is 436 g/mol. The van der Waals surface area contributed by atoms with Crippen LogP contribution in [0, 0.1) is 12.7 Å². The summed E-state index contributed by atoms with van der Waals surface area (Å²) in [4.78, 5) is 28.0. The highest BCUT2D eigenvalue weighted by Crippen LogP contribution is 2.33. The van der Waals surface area contributed by atoms with Gasteiger partial charge in [-0.1, -0.05) is 84.4 Å². The van der Waals surface area contributed by atoms with E-state index in [1.807, 2.05) is 73.7 Å². The number of fused-ring (bicyclic) bond motifs is 1. The van der Waals surface area contributed by atoms with Gasteiger partial charge < -0.3 is 5.32 Å². The molecule has 0 spiro atoms. The molecule has 1 N–H and O–H groups in total. The molecule has 1 aliphatic heterocycles. The van der Waals surface area contributed by atoms with Crippen molar-refractivity contribution in [3.63, 3.8) is 0 Å². The van der Waals surface area contributed by atoms with Crippen LogP contribution >= 0.6 is 0 Å². The van der Waals surface area contributed by atoms with Crippen LogP contribution < -0.4 is 5.32 Å². The van der Waals surface area contributed by atoms with Crippen LogP contribution in [0.2, 0.25) is 0 Å². The summed E-state index contributed by atoms with van der Waals surface area (Å²) in [6, 6.07) is 27.2. The van der Waals surface area contributed by atoms with Crippen molar-refractivity contribution >= 4 is 33.8 Å². The van der Waals surface area contributed by atoms with Crippen molar-refractivity contribution in [1.29, 1.82) is 0 Å². The highest BCUT2D eigenvalue weighted by atomic mass is 19.1. The highest BCUT2D eigenvalue weighted by molar-refractivity contribution is 6.36. The van der Waals surface area contributed by atoms with Gasteiger partial charge in [0.2, 0.25) is 0 Å². The number of nitrogens with one attached hydrogen (secondary N) is 1. The second-order valence-electron chi connectivity index (χ2n) is 8.06. The zero-order valence-corrected chi connectivity index (χ0v) is 18.0. The minimum atomic E-state index is -0.480. The van der Waals surface area contributed by atoms with Crippen LogP contribution in [0.1, 0.15) is 16.7 Å². The van der Waals surface area contributed by atoms with Crippen molar-refractivity contribution in [2.24, 2.45) is 0 Å². The summed E-state index contributed by atoms with van der Waals surface area (Å²) in [7, 11) is 0. The Balaban J connectivity index is 1.60. The normalized spacial score (nSPS) is 13.8. The van der Waals surface area contributed by atoms with Crippen molar-refractivity contribution in [1.82, 2.24) is 4.90 Å². The number of aryl methyl sites for hydroxylation is 1. The average Bonchev–Trinajstić information content (AvgIpc) is 3.05. The van der Waals surface area contributed by atoms with Crippen LogP contribution in [0.3, 0.4) is 0 Å². The van der Waals surface area contributed by atoms with E-state index in [0.29, 0.717) is 5.56 Å². The maximum atomic E-state index is 14.3. The van der Waals surface area contributed by atoms with E-state index in [4.69, 9.17) is 0 Å². The van der Waals surface area contributed by atoms with Gasteiger partial charge in [-0.2, -0.15) is 0 Å². The Hall–Kier alpha value is -4.25. The molecule has 4 aromatic carbocycles. The Morgan fingerprint density at radius 2 is 1.48 bits per heavy atom. The molecular formula is C28H21FN2O2. The molecule has 4 nitrogen and oxygen atoms in total. The van der Waals surface area contributed by atoms with E-state index >= 15 is 0 Å². The lowest BCUT2D eigenvalue weighted by molar-refractivity contribution is -0.137. The fourth-order valence-electron chi connectivity index (χ4n) is 4.09. The SMILES string of the molecule is Cc1ccc(C2=C(Nc3cccc4ccccc34)C(=O)N(Cc3ccccc3F)C2=O)cc1. The van der Waals surface area contributed by atoms with Crippen molar-refractivity contribution in [2.45, 2.75) is 13.5 Å². The number of halogens is 1. The summed E-state index contributed by atoms with van der Waals surface area (Å²) < 4.78 is 14.3. The van der Waals surface area contributed by atoms with Crippen molar-refractivity contribution < 1.29 is 14.0 Å². The smallest absolute Gasteiger partial charge is 0.278 e. The van der Waals surface area contributed by atoms with Crippen LogP contribution in [0.5, 0.6) is 0 Å². The summed E-state index contributed by atoms with van der Waals surface area (Å²) in [5.41, 5.74) is 3.16. The van der Waals surface area contributed by atoms with Gasteiger partial charge in [0.15, 0.2) is 0 Å². The Bertz CT molecular complexity index is 1420. The van der Waals surface area contributed by atoms with Crippen molar-refractivity contribution in [3.05, 3.63) is 119 Å². The van der Waals surface area contributed by atoms with Crippen LogP contribution in [-0.2, 0) is 16.1 Å². The molecule has 0 saturated carbocycles. The molecule has 162 valence electrons. The number of carbonyl (C=O) groups excluding carboxylic acids is 2. The molecule has 0 fully saturated rings. The molecule has 33 heavy (non-hydrogen) atoms. The number of nitrogens with zero attached hydrogens (tertiary/aromatic N) is 1. The van der Waals surface area contributed by atoms with Gasteiger partial charge in [-0.05, 0) is 30.0 Å². The third-order valence-corrected chi connectivity index (χ3v) is 5.84. The summed E-state index contributed by atoms with van der Waals surface area (Å²) in [6.07, 6.45) is 0. The van der Waals surface area contributed by atoms with E-state index in [-0.39, 0.29) is 23.4 Å². The maximum Gasteiger partial charge on any atom is 0.278 e. The molecule has 5 rings (SSSR count). The third kappa shape index (κ3) is 3.78. The zero-order chi connectivity index (χ0) is 22.9. The minimum Gasteiger partial charge on any atom is -0.350 e. The second-order valence-corrected chi connectivity index (χ2v) is 8.06. The average molecular weight is 436 g/mol. The molecule has 0 aromatic heterocycles. The first-order chi connectivity index (χ1) is 16.0. The van der Waals surface area contributed by atoms with Gasteiger partial charge in [-0.25, -0.2) is 4.39 Å². The number of hydrogen-bond donors (Lipinski definition) is 1. The lowest BCUT2D eigenvalue weighted by Gasteiger charge is -2.16. The number of carbonyl (C=O) groups is 2. The summed E-state index contributed by atoms with van der Waals surface area (Å²) in [5, 5.41) is 5.18. The van der Waals surface area contributed by atoms with Crippen molar-refractivity contribution in [2.75, 3.05) is 5.32 Å². The third-order valence-electron chi connectivity index (χ3n) is 5.84. The number of anilines is 1. The summed E-state index contributed by atoms with van der Waals surface area (Å²) >= 11 is 0. The second kappa shape index (κ2) is 8.36. The van der Waals surface area contributed by atoms with Crippen molar-refractivity contribution in [3.8, 4) is 0 Å². The predicted molar refractivity (Wildman–Crippen MR) is 128 cm³/mol.